The Morgan fingerprint density at radius 3 is 1.29 bits per heavy atom. The maximum atomic E-state index is 7.75. The van der Waals surface area contributed by atoms with Crippen LogP contribution in [0.5, 0.6) is 0 Å². The summed E-state index contributed by atoms with van der Waals surface area (Å²) in [5.74, 6) is 0. The van der Waals surface area contributed by atoms with Crippen LogP contribution in [0.1, 0.15) is 219 Å². The fourth-order valence-electron chi connectivity index (χ4n) is 13.9. The normalized spacial score (nSPS) is 20.8. The zero-order valence-corrected chi connectivity index (χ0v) is 47.0. The molecule has 3 nitrogen and oxygen atoms in total. The molecule has 0 amide bonds. The van der Waals surface area contributed by atoms with Gasteiger partial charge >= 0.3 is 0 Å². The number of aryl methyl sites for hydroxylation is 2. The van der Waals surface area contributed by atoms with E-state index in [1.807, 2.05) is 0 Å². The molecular formula is C66H83BN2O. The third kappa shape index (κ3) is 6.86. The number of anilines is 6. The molecule has 366 valence electrons. The van der Waals surface area contributed by atoms with Gasteiger partial charge in [-0.05, 0) is 205 Å². The van der Waals surface area contributed by atoms with Gasteiger partial charge in [0.25, 0.3) is 6.71 Å². The van der Waals surface area contributed by atoms with E-state index in [0.717, 1.165) is 24.1 Å². The van der Waals surface area contributed by atoms with Gasteiger partial charge in [0.2, 0.25) is 0 Å². The minimum absolute atomic E-state index is 0.0414. The van der Waals surface area contributed by atoms with Crippen LogP contribution in [-0.4, -0.2) is 6.71 Å². The largest absolute Gasteiger partial charge is 0.468 e. The highest BCUT2D eigenvalue weighted by Gasteiger charge is 2.50. The smallest absolute Gasteiger partial charge is 0.297 e. The summed E-state index contributed by atoms with van der Waals surface area (Å²) in [6.45, 7) is 48.5. The molecule has 0 saturated heterocycles. The average Bonchev–Trinajstić information content (AvgIpc) is 3.63. The lowest BCUT2D eigenvalue weighted by molar-refractivity contribution is 0.332. The molecule has 4 heteroatoms. The van der Waals surface area contributed by atoms with Crippen LogP contribution < -0.4 is 26.4 Å². The fraction of sp³-hybridized carbons (Fsp3) is 0.515. The van der Waals surface area contributed by atoms with Gasteiger partial charge in [-0.1, -0.05) is 149 Å². The molecule has 0 saturated carbocycles. The average molecular weight is 931 g/mol. The number of fused-ring (bicyclic) bond motifs is 9. The molecule has 0 fully saturated rings. The van der Waals surface area contributed by atoms with Gasteiger partial charge in [-0.15, -0.1) is 0 Å². The summed E-state index contributed by atoms with van der Waals surface area (Å²) < 4.78 is 7.75. The van der Waals surface area contributed by atoms with E-state index in [2.05, 4.69) is 215 Å². The zero-order chi connectivity index (χ0) is 50.6. The lowest BCUT2D eigenvalue weighted by Crippen LogP contribution is -2.61. The fourth-order valence-corrected chi connectivity index (χ4v) is 13.9. The monoisotopic (exact) mass is 931 g/mol. The predicted octanol–water partition coefficient (Wildman–Crippen LogP) is 16.8. The van der Waals surface area contributed by atoms with E-state index in [0.29, 0.717) is 0 Å². The molecule has 0 bridgehead atoms. The number of furan rings is 1. The van der Waals surface area contributed by atoms with E-state index in [-0.39, 0.29) is 50.0 Å². The lowest BCUT2D eigenvalue weighted by Gasteiger charge is -2.46. The van der Waals surface area contributed by atoms with Crippen LogP contribution >= 0.6 is 0 Å². The summed E-state index contributed by atoms with van der Waals surface area (Å²) in [5.41, 5.74) is 26.8. The van der Waals surface area contributed by atoms with Crippen LogP contribution in [0.2, 0.25) is 0 Å². The Bertz CT molecular complexity index is 3220. The second kappa shape index (κ2) is 14.5. The topological polar surface area (TPSA) is 19.6 Å². The van der Waals surface area contributed by atoms with Gasteiger partial charge in [0.15, 0.2) is 0 Å². The summed E-state index contributed by atoms with van der Waals surface area (Å²) in [7, 11) is 0. The Labute approximate surface area is 423 Å². The van der Waals surface area contributed by atoms with Crippen LogP contribution in [0.15, 0.2) is 71.1 Å². The predicted molar refractivity (Wildman–Crippen MR) is 303 cm³/mol. The third-order valence-electron chi connectivity index (χ3n) is 19.2. The van der Waals surface area contributed by atoms with Gasteiger partial charge in [0.1, 0.15) is 5.58 Å². The molecular weight excluding hydrogens is 848 g/mol. The quantitative estimate of drug-likeness (QED) is 0.161. The van der Waals surface area contributed by atoms with Crippen molar-refractivity contribution in [1.29, 1.82) is 0 Å². The highest BCUT2D eigenvalue weighted by molar-refractivity contribution is 7.00. The number of benzene rings is 5. The first-order valence-electron chi connectivity index (χ1n) is 27.1. The summed E-state index contributed by atoms with van der Waals surface area (Å²) in [6.07, 6.45) is 7.05. The molecule has 0 N–H and O–H groups in total. The highest BCUT2D eigenvalue weighted by atomic mass is 16.3. The van der Waals surface area contributed by atoms with Crippen LogP contribution in [0.25, 0.3) is 11.0 Å². The maximum Gasteiger partial charge on any atom is 0.297 e. The molecule has 0 unspecified atom stereocenters. The van der Waals surface area contributed by atoms with E-state index in [9.17, 15) is 0 Å². The summed E-state index contributed by atoms with van der Waals surface area (Å²) >= 11 is 0. The molecule has 0 atom stereocenters. The van der Waals surface area contributed by atoms with Crippen LogP contribution in [0, 0.1) is 13.8 Å². The van der Waals surface area contributed by atoms with Gasteiger partial charge in [-0.25, -0.2) is 0 Å². The van der Waals surface area contributed by atoms with Gasteiger partial charge < -0.3 is 14.2 Å². The maximum absolute atomic E-state index is 7.75. The molecule has 6 aromatic rings. The van der Waals surface area contributed by atoms with E-state index < -0.39 is 0 Å². The third-order valence-corrected chi connectivity index (χ3v) is 19.2. The van der Waals surface area contributed by atoms with Crippen molar-refractivity contribution in [2.24, 2.45) is 0 Å². The van der Waals surface area contributed by atoms with Crippen molar-refractivity contribution in [1.82, 2.24) is 0 Å². The SMILES string of the molecule is Cc1cc2c(cc1N1c3ccc(C(C)(C)C)cc3B3c4oc5cc6c(cc5c4N(c4cc5c(cc4C)C(C)(C)CCC5(C)C)c4cc(C(C)(C)C)cc1c43)C(C)(C)CCC6(C)C)C(C)(C)CCC2(C)C. The molecule has 3 heterocycles. The van der Waals surface area contributed by atoms with E-state index in [4.69, 9.17) is 4.42 Å². The molecule has 70 heavy (non-hydrogen) atoms. The summed E-state index contributed by atoms with van der Waals surface area (Å²) in [4.78, 5) is 5.41. The standard InChI is InChI=1S/C66H83BN2O/c1-38-29-43-46(64(15,16)26-23-61(43,9)10)35-51(38)68-50-22-21-40(59(3,4)5)31-49(50)67-56-53(68)32-41(60(6,7)8)33-54(56)69(52-36-47-44(30-39(52)2)62(11,12)24-27-65(47,17)18)57-42-34-45-48(37-55(42)70-58(57)67)66(19,20)28-25-63(45,13)14/h21-22,29-37H,23-28H2,1-20H3. The number of nitrogens with zero attached hydrogens (tertiary/aromatic N) is 2. The zero-order valence-electron chi connectivity index (χ0n) is 47.0. The van der Waals surface area contributed by atoms with E-state index in [1.54, 1.807) is 0 Å². The first kappa shape index (κ1) is 47.6. The number of hydrogen-bond donors (Lipinski definition) is 0. The van der Waals surface area contributed by atoms with Gasteiger partial charge in [0, 0.05) is 33.8 Å². The molecule has 11 rings (SSSR count). The van der Waals surface area contributed by atoms with Crippen LogP contribution in [0.4, 0.5) is 34.1 Å². The van der Waals surface area contributed by atoms with Gasteiger partial charge in [-0.3, -0.25) is 0 Å². The summed E-state index contributed by atoms with van der Waals surface area (Å²) in [6, 6.07) is 28.0. The second-order valence-corrected chi connectivity index (χ2v) is 29.2. The molecule has 5 aliphatic rings. The lowest BCUT2D eigenvalue weighted by atomic mass is 9.35. The van der Waals surface area contributed by atoms with Crippen molar-refractivity contribution < 1.29 is 4.42 Å². The number of rotatable bonds is 2. The summed E-state index contributed by atoms with van der Waals surface area (Å²) in [5, 5.41) is 1.23. The minimum Gasteiger partial charge on any atom is -0.468 e. The molecule has 0 spiro atoms. The Hall–Kier alpha value is -4.70. The first-order valence-corrected chi connectivity index (χ1v) is 27.1. The second-order valence-electron chi connectivity index (χ2n) is 29.2. The molecule has 3 aliphatic carbocycles. The van der Waals surface area contributed by atoms with E-state index in [1.165, 1.54) is 132 Å². The number of hydrogen-bond acceptors (Lipinski definition) is 3. The van der Waals surface area contributed by atoms with Crippen molar-refractivity contribution in [2.75, 3.05) is 9.80 Å². The Balaban J connectivity index is 1.31. The van der Waals surface area contributed by atoms with Crippen LogP contribution in [-0.2, 0) is 43.3 Å². The van der Waals surface area contributed by atoms with Crippen molar-refractivity contribution in [3.05, 3.63) is 122 Å². The molecule has 1 aromatic heterocycles. The Morgan fingerprint density at radius 2 is 0.829 bits per heavy atom. The molecule has 0 radical (unpaired) electrons. The van der Waals surface area contributed by atoms with Crippen LogP contribution in [0.3, 0.4) is 0 Å². The van der Waals surface area contributed by atoms with Crippen molar-refractivity contribution in [3.63, 3.8) is 0 Å². The van der Waals surface area contributed by atoms with E-state index >= 15 is 0 Å². The van der Waals surface area contributed by atoms with Gasteiger partial charge in [-0.2, -0.15) is 0 Å². The first-order chi connectivity index (χ1) is 32.2. The highest BCUT2D eigenvalue weighted by Crippen LogP contribution is 2.56. The van der Waals surface area contributed by atoms with Crippen molar-refractivity contribution in [3.8, 4) is 0 Å². The van der Waals surface area contributed by atoms with Gasteiger partial charge in [0.05, 0.1) is 11.3 Å². The molecule has 5 aromatic carbocycles. The Morgan fingerprint density at radius 1 is 0.429 bits per heavy atom. The molecule has 2 aliphatic heterocycles. The minimum atomic E-state index is -0.129. The Kier molecular flexibility index (Phi) is 9.87. The van der Waals surface area contributed by atoms with Crippen molar-refractivity contribution in [2.45, 2.75) is 220 Å². The van der Waals surface area contributed by atoms with Crippen molar-refractivity contribution >= 4 is 68.4 Å².